The molecule has 2 aromatic carbocycles. The molecule has 2 rings (SSSR count). The van der Waals surface area contributed by atoms with Crippen LogP contribution in [-0.2, 0) is 14.8 Å². The van der Waals surface area contributed by atoms with E-state index in [2.05, 4.69) is 10.0 Å². The molecule has 11 heteroatoms. The van der Waals surface area contributed by atoms with E-state index in [1.807, 2.05) is 0 Å². The largest absolute Gasteiger partial charge is 0.496 e. The van der Waals surface area contributed by atoms with E-state index >= 15 is 0 Å². The summed E-state index contributed by atoms with van der Waals surface area (Å²) >= 11 is 0. The van der Waals surface area contributed by atoms with Crippen molar-refractivity contribution >= 4 is 33.4 Å². The highest BCUT2D eigenvalue weighted by Crippen LogP contribution is 2.35. The minimum atomic E-state index is -3.94. The van der Waals surface area contributed by atoms with E-state index in [9.17, 15) is 13.2 Å². The Balaban J connectivity index is 2.33. The van der Waals surface area contributed by atoms with Crippen molar-refractivity contribution in [1.29, 1.82) is 0 Å². The zero-order valence-corrected chi connectivity index (χ0v) is 19.1. The van der Waals surface area contributed by atoms with Crippen LogP contribution < -0.4 is 29.0 Å². The lowest BCUT2D eigenvalue weighted by Crippen LogP contribution is -2.25. The zero-order chi connectivity index (χ0) is 23.9. The van der Waals surface area contributed by atoms with Gasteiger partial charge in [0, 0.05) is 12.1 Å². The predicted octanol–water partition coefficient (Wildman–Crippen LogP) is 3.02. The Labute approximate surface area is 186 Å². The molecular formula is C21H26N2O8S. The SMILES string of the molecule is COc1cc(OC)c(/C=C/S(=O)(=O)Nc2ccc(OC)c(NC(C)C(=O)O)c2)c(OC)c1. The maximum absolute atomic E-state index is 12.6. The Morgan fingerprint density at radius 3 is 2.06 bits per heavy atom. The van der Waals surface area contributed by atoms with E-state index in [1.165, 1.54) is 59.6 Å². The third-order valence-electron chi connectivity index (χ3n) is 4.37. The van der Waals surface area contributed by atoms with Crippen molar-refractivity contribution in [3.8, 4) is 23.0 Å². The number of sulfonamides is 1. The third-order valence-corrected chi connectivity index (χ3v) is 5.38. The van der Waals surface area contributed by atoms with Crippen LogP contribution in [0.1, 0.15) is 12.5 Å². The molecule has 10 nitrogen and oxygen atoms in total. The van der Waals surface area contributed by atoms with E-state index in [0.717, 1.165) is 5.41 Å². The molecule has 2 aromatic rings. The fraction of sp³-hybridized carbons (Fsp3) is 0.286. The van der Waals surface area contributed by atoms with Crippen LogP contribution in [0.4, 0.5) is 11.4 Å². The molecule has 3 N–H and O–H groups in total. The molecular weight excluding hydrogens is 440 g/mol. The van der Waals surface area contributed by atoms with Gasteiger partial charge in [-0.25, -0.2) is 8.42 Å². The average molecular weight is 467 g/mol. The first-order valence-corrected chi connectivity index (χ1v) is 10.9. The Kier molecular flexibility index (Phi) is 8.19. The number of carboxylic acids is 1. The molecule has 0 fully saturated rings. The molecule has 0 saturated carbocycles. The number of benzene rings is 2. The number of aliphatic carboxylic acids is 1. The van der Waals surface area contributed by atoms with Gasteiger partial charge >= 0.3 is 5.97 Å². The maximum Gasteiger partial charge on any atom is 0.325 e. The molecule has 0 heterocycles. The van der Waals surface area contributed by atoms with E-state index < -0.39 is 22.0 Å². The van der Waals surface area contributed by atoms with Crippen LogP contribution >= 0.6 is 0 Å². The van der Waals surface area contributed by atoms with Crippen molar-refractivity contribution in [1.82, 2.24) is 0 Å². The van der Waals surface area contributed by atoms with E-state index in [4.69, 9.17) is 24.1 Å². The molecule has 174 valence electrons. The summed E-state index contributed by atoms with van der Waals surface area (Å²) in [6.45, 7) is 1.46. The van der Waals surface area contributed by atoms with E-state index in [-0.39, 0.29) is 5.69 Å². The van der Waals surface area contributed by atoms with Gasteiger partial charge in [0.15, 0.2) is 0 Å². The molecule has 0 saturated heterocycles. The van der Waals surface area contributed by atoms with Gasteiger partial charge in [-0.3, -0.25) is 9.52 Å². The zero-order valence-electron chi connectivity index (χ0n) is 18.3. The maximum atomic E-state index is 12.6. The van der Waals surface area contributed by atoms with Gasteiger partial charge in [-0.2, -0.15) is 0 Å². The molecule has 0 spiro atoms. The van der Waals surface area contributed by atoms with E-state index in [0.29, 0.717) is 34.2 Å². The lowest BCUT2D eigenvalue weighted by atomic mass is 10.1. The summed E-state index contributed by atoms with van der Waals surface area (Å²) < 4.78 is 48.7. The normalized spacial score (nSPS) is 12.2. The number of ether oxygens (including phenoxy) is 4. The van der Waals surface area contributed by atoms with Gasteiger partial charge in [0.25, 0.3) is 10.0 Å². The number of carbonyl (C=O) groups is 1. The second kappa shape index (κ2) is 10.6. The smallest absolute Gasteiger partial charge is 0.325 e. The second-order valence-electron chi connectivity index (χ2n) is 6.51. The number of rotatable bonds is 11. The molecule has 0 aliphatic heterocycles. The molecule has 0 aliphatic carbocycles. The lowest BCUT2D eigenvalue weighted by molar-refractivity contribution is -0.137. The summed E-state index contributed by atoms with van der Waals surface area (Å²) in [5.74, 6) is 0.524. The second-order valence-corrected chi connectivity index (χ2v) is 8.08. The average Bonchev–Trinajstić information content (AvgIpc) is 2.76. The fourth-order valence-electron chi connectivity index (χ4n) is 2.73. The van der Waals surface area contributed by atoms with Crippen molar-refractivity contribution in [2.45, 2.75) is 13.0 Å². The fourth-order valence-corrected chi connectivity index (χ4v) is 3.57. The molecule has 1 unspecified atom stereocenters. The number of hydrogen-bond acceptors (Lipinski definition) is 8. The molecule has 0 aromatic heterocycles. The standard InChI is InChI=1S/C21H26N2O8S/c1-13(21(24)25)22-17-10-14(6-7-18(17)29-3)23-32(26,27)9-8-16-19(30-4)11-15(28-2)12-20(16)31-5/h6-13,22-23H,1-5H3,(H,24,25)/b9-8+. The van der Waals surface area contributed by atoms with Crippen LogP contribution in [0.3, 0.4) is 0 Å². The van der Waals surface area contributed by atoms with Gasteiger partial charge < -0.3 is 29.4 Å². The summed E-state index contributed by atoms with van der Waals surface area (Å²) in [6.07, 6.45) is 1.34. The first kappa shape index (κ1) is 24.7. The lowest BCUT2D eigenvalue weighted by Gasteiger charge is -2.16. The van der Waals surface area contributed by atoms with Gasteiger partial charge in [0.1, 0.15) is 29.0 Å². The molecule has 1 atom stereocenters. The summed E-state index contributed by atoms with van der Waals surface area (Å²) in [4.78, 5) is 11.1. The first-order valence-electron chi connectivity index (χ1n) is 9.32. The van der Waals surface area contributed by atoms with Crippen LogP contribution in [0.5, 0.6) is 23.0 Å². The highest BCUT2D eigenvalue weighted by atomic mass is 32.2. The number of hydrogen-bond donors (Lipinski definition) is 3. The number of nitrogens with one attached hydrogen (secondary N) is 2. The minimum Gasteiger partial charge on any atom is -0.496 e. The number of methoxy groups -OCH3 is 4. The monoisotopic (exact) mass is 466 g/mol. The molecule has 0 radical (unpaired) electrons. The quantitative estimate of drug-likeness (QED) is 0.457. The van der Waals surface area contributed by atoms with Crippen molar-refractivity contribution in [2.24, 2.45) is 0 Å². The third kappa shape index (κ3) is 6.20. The molecule has 32 heavy (non-hydrogen) atoms. The van der Waals surface area contributed by atoms with Crippen LogP contribution in [0.15, 0.2) is 35.7 Å². The molecule has 0 aliphatic rings. The highest BCUT2D eigenvalue weighted by molar-refractivity contribution is 7.95. The predicted molar refractivity (Wildman–Crippen MR) is 121 cm³/mol. The number of carboxylic acid groups (broad SMARTS) is 1. The first-order chi connectivity index (χ1) is 15.1. The van der Waals surface area contributed by atoms with Crippen LogP contribution in [0.25, 0.3) is 6.08 Å². The van der Waals surface area contributed by atoms with Crippen molar-refractivity contribution < 1.29 is 37.3 Å². The van der Waals surface area contributed by atoms with Gasteiger partial charge in [0.2, 0.25) is 0 Å². The molecule has 0 bridgehead atoms. The number of anilines is 2. The van der Waals surface area contributed by atoms with Crippen molar-refractivity contribution in [3.05, 3.63) is 41.3 Å². The summed E-state index contributed by atoms with van der Waals surface area (Å²) in [6, 6.07) is 6.76. The summed E-state index contributed by atoms with van der Waals surface area (Å²) in [7, 11) is 1.87. The van der Waals surface area contributed by atoms with Gasteiger partial charge in [-0.15, -0.1) is 0 Å². The van der Waals surface area contributed by atoms with Crippen molar-refractivity contribution in [2.75, 3.05) is 38.5 Å². The van der Waals surface area contributed by atoms with Gasteiger partial charge in [0.05, 0.1) is 50.8 Å². The van der Waals surface area contributed by atoms with Gasteiger partial charge in [-0.1, -0.05) is 0 Å². The van der Waals surface area contributed by atoms with Crippen molar-refractivity contribution in [3.63, 3.8) is 0 Å². The van der Waals surface area contributed by atoms with E-state index in [1.54, 1.807) is 12.1 Å². The highest BCUT2D eigenvalue weighted by Gasteiger charge is 2.16. The Bertz CT molecular complexity index is 1070. The molecule has 0 amide bonds. The Morgan fingerprint density at radius 1 is 0.969 bits per heavy atom. The van der Waals surface area contributed by atoms with Crippen LogP contribution in [0, 0.1) is 0 Å². The van der Waals surface area contributed by atoms with Crippen LogP contribution in [0.2, 0.25) is 0 Å². The summed E-state index contributed by atoms with van der Waals surface area (Å²) in [5, 5.41) is 12.8. The topological polar surface area (TPSA) is 132 Å². The Morgan fingerprint density at radius 2 is 1.56 bits per heavy atom. The Hall–Kier alpha value is -3.60. The van der Waals surface area contributed by atoms with Gasteiger partial charge in [-0.05, 0) is 31.2 Å². The van der Waals surface area contributed by atoms with Crippen LogP contribution in [-0.4, -0.2) is 54.0 Å². The minimum absolute atomic E-state index is 0.212. The summed E-state index contributed by atoms with van der Waals surface area (Å²) in [5.41, 5.74) is 0.947.